The Labute approximate surface area is 240 Å². The number of nitrogens with one attached hydrogen (secondary N) is 3. The number of aromatic nitrogens is 1. The van der Waals surface area contributed by atoms with Crippen LogP contribution in [-0.2, 0) is 27.2 Å². The summed E-state index contributed by atoms with van der Waals surface area (Å²) in [5, 5.41) is 19.0. The molecule has 1 aliphatic heterocycles. The fraction of sp³-hybridized carbons (Fsp3) is 0.645. The summed E-state index contributed by atoms with van der Waals surface area (Å²) in [6.07, 6.45) is 12.2. The van der Waals surface area contributed by atoms with E-state index < -0.39 is 12.0 Å². The summed E-state index contributed by atoms with van der Waals surface area (Å²) in [5.74, 6) is 0.835. The molecule has 224 valence electrons. The van der Waals surface area contributed by atoms with Gasteiger partial charge in [0.1, 0.15) is 24.2 Å². The zero-order chi connectivity index (χ0) is 29.3. The van der Waals surface area contributed by atoms with Gasteiger partial charge in [0.25, 0.3) is 0 Å². The highest BCUT2D eigenvalue weighted by atomic mass is 16.5. The third-order valence-electron chi connectivity index (χ3n) is 7.52. The Kier molecular flexibility index (Phi) is 15.2. The number of hydrogen-bond donors (Lipinski definition) is 4. The number of aliphatic carboxylic acids is 1. The van der Waals surface area contributed by atoms with Crippen molar-refractivity contribution in [3.63, 3.8) is 0 Å². The number of carboxylic acids is 1. The zero-order valence-electron chi connectivity index (χ0n) is 25.2. The lowest BCUT2D eigenvalue weighted by Crippen LogP contribution is -2.44. The topological polar surface area (TPSA) is 116 Å². The predicted octanol–water partition coefficient (Wildman–Crippen LogP) is 4.50. The average Bonchev–Trinajstić information content (AvgIpc) is 2.96. The molecule has 1 aromatic rings. The molecular formula is C31H51N5O4. The standard InChI is InChI=1S/C31H51N5O4/c1-6-24(7-2)21-29(37)35-28(31(38)39)16-18-36(19-20-40-27-15-12-23(4)33-22-27)17-10-9-11-26-14-13-25(8-3)30(32-5)34-26/h12-15,22-24,28,33H,6-11,16-21H2,1-5H3,(H,32,34)(H,35,37)(H,38,39). The molecule has 4 N–H and O–H groups in total. The molecule has 2 heterocycles. The number of hydrogen-bond acceptors (Lipinski definition) is 7. The van der Waals surface area contributed by atoms with E-state index in [0.29, 0.717) is 32.5 Å². The second-order valence-corrected chi connectivity index (χ2v) is 10.6. The molecule has 0 saturated heterocycles. The van der Waals surface area contributed by atoms with E-state index in [4.69, 9.17) is 9.72 Å². The highest BCUT2D eigenvalue weighted by Crippen LogP contribution is 2.16. The van der Waals surface area contributed by atoms with E-state index in [9.17, 15) is 14.7 Å². The number of ether oxygens (including phenoxy) is 1. The summed E-state index contributed by atoms with van der Waals surface area (Å²) >= 11 is 0. The number of carbonyl (C=O) groups excluding carboxylic acids is 1. The van der Waals surface area contributed by atoms with Gasteiger partial charge in [-0.15, -0.1) is 0 Å². The van der Waals surface area contributed by atoms with Gasteiger partial charge >= 0.3 is 5.97 Å². The van der Waals surface area contributed by atoms with Gasteiger partial charge < -0.3 is 25.8 Å². The summed E-state index contributed by atoms with van der Waals surface area (Å²) < 4.78 is 5.94. The Balaban J connectivity index is 1.92. The molecule has 0 fully saturated rings. The van der Waals surface area contributed by atoms with E-state index in [2.05, 4.69) is 66.8 Å². The summed E-state index contributed by atoms with van der Waals surface area (Å²) in [6, 6.07) is 3.63. The largest absolute Gasteiger partial charge is 0.491 e. The number of carbonyl (C=O) groups is 2. The molecule has 2 atom stereocenters. The minimum Gasteiger partial charge on any atom is -0.491 e. The Bertz CT molecular complexity index is 976. The minimum absolute atomic E-state index is 0.184. The lowest BCUT2D eigenvalue weighted by molar-refractivity contribution is -0.142. The molecule has 0 radical (unpaired) electrons. The Hall–Kier alpha value is -3.07. The van der Waals surface area contributed by atoms with Gasteiger partial charge in [-0.25, -0.2) is 9.78 Å². The van der Waals surface area contributed by atoms with Crippen molar-refractivity contribution in [1.29, 1.82) is 0 Å². The number of pyridine rings is 1. The van der Waals surface area contributed by atoms with Crippen molar-refractivity contribution < 1.29 is 19.4 Å². The first-order valence-electron chi connectivity index (χ1n) is 15.0. The predicted molar refractivity (Wildman–Crippen MR) is 161 cm³/mol. The molecule has 0 spiro atoms. The molecule has 9 nitrogen and oxygen atoms in total. The molecule has 2 rings (SSSR count). The van der Waals surface area contributed by atoms with Crippen molar-refractivity contribution >= 4 is 17.7 Å². The molecule has 1 aliphatic rings. The first-order valence-corrected chi connectivity index (χ1v) is 15.0. The van der Waals surface area contributed by atoms with Crippen LogP contribution in [0.25, 0.3) is 0 Å². The summed E-state index contributed by atoms with van der Waals surface area (Å²) in [4.78, 5) is 31.4. The van der Waals surface area contributed by atoms with Crippen LogP contribution in [0.5, 0.6) is 0 Å². The molecular weight excluding hydrogens is 506 g/mol. The number of nitrogens with zero attached hydrogens (tertiary/aromatic N) is 2. The molecule has 0 aliphatic carbocycles. The first-order chi connectivity index (χ1) is 19.3. The fourth-order valence-electron chi connectivity index (χ4n) is 4.75. The molecule has 1 amide bonds. The normalized spacial score (nSPS) is 15.5. The van der Waals surface area contributed by atoms with Crippen LogP contribution in [0, 0.1) is 5.92 Å². The highest BCUT2D eigenvalue weighted by Gasteiger charge is 2.22. The summed E-state index contributed by atoms with van der Waals surface area (Å²) in [6.45, 7) is 10.8. The van der Waals surface area contributed by atoms with E-state index in [1.807, 2.05) is 19.3 Å². The number of allylic oxidation sites excluding steroid dienone is 1. The summed E-state index contributed by atoms with van der Waals surface area (Å²) in [7, 11) is 1.90. The molecule has 9 heteroatoms. The number of carboxylic acid groups (broad SMARTS) is 1. The van der Waals surface area contributed by atoms with Crippen molar-refractivity contribution in [3.05, 3.63) is 47.5 Å². The maximum Gasteiger partial charge on any atom is 0.326 e. The monoisotopic (exact) mass is 557 g/mol. The maximum absolute atomic E-state index is 12.5. The van der Waals surface area contributed by atoms with Gasteiger partial charge in [0.05, 0.1) is 0 Å². The van der Waals surface area contributed by atoms with Crippen molar-refractivity contribution in [1.82, 2.24) is 20.5 Å². The van der Waals surface area contributed by atoms with Crippen molar-refractivity contribution in [2.45, 2.75) is 91.1 Å². The van der Waals surface area contributed by atoms with Crippen LogP contribution in [0.4, 0.5) is 5.82 Å². The van der Waals surface area contributed by atoms with Gasteiger partial charge in [-0.1, -0.05) is 45.8 Å². The number of dihydropyridines is 1. The average molecular weight is 558 g/mol. The molecule has 0 saturated carbocycles. The van der Waals surface area contributed by atoms with Gasteiger partial charge in [-0.05, 0) is 69.2 Å². The van der Waals surface area contributed by atoms with Crippen LogP contribution in [0.15, 0.2) is 36.2 Å². The van der Waals surface area contributed by atoms with Crippen molar-refractivity contribution in [3.8, 4) is 0 Å². The molecule has 2 unspecified atom stereocenters. The van der Waals surface area contributed by atoms with Gasteiger partial charge in [0, 0.05) is 44.5 Å². The Morgan fingerprint density at radius 2 is 1.93 bits per heavy atom. The van der Waals surface area contributed by atoms with Gasteiger partial charge in [0.2, 0.25) is 5.91 Å². The molecule has 1 aromatic heterocycles. The SMILES string of the molecule is CCc1ccc(CCCCN(CCOC2=CNC(C)C=C2)CCC(NC(=O)CC(CC)CC)C(=O)O)nc1NC. The molecule has 0 aromatic carbocycles. The van der Waals surface area contributed by atoms with Gasteiger partial charge in [-0.2, -0.15) is 0 Å². The van der Waals surface area contributed by atoms with E-state index in [1.54, 1.807) is 0 Å². The first kappa shape index (κ1) is 33.1. The van der Waals surface area contributed by atoms with Crippen molar-refractivity contribution in [2.24, 2.45) is 5.92 Å². The summed E-state index contributed by atoms with van der Waals surface area (Å²) in [5.41, 5.74) is 2.28. The van der Waals surface area contributed by atoms with Crippen LogP contribution in [0.3, 0.4) is 0 Å². The number of unbranched alkanes of at least 4 members (excludes halogenated alkanes) is 1. The number of amides is 1. The second-order valence-electron chi connectivity index (χ2n) is 10.6. The molecule has 0 bridgehead atoms. The van der Waals surface area contributed by atoms with E-state index >= 15 is 0 Å². The molecule has 40 heavy (non-hydrogen) atoms. The Morgan fingerprint density at radius 1 is 1.15 bits per heavy atom. The third kappa shape index (κ3) is 12.0. The minimum atomic E-state index is -0.992. The van der Waals surface area contributed by atoms with Gasteiger partial charge in [0.15, 0.2) is 0 Å². The maximum atomic E-state index is 12.5. The van der Waals surface area contributed by atoms with Crippen LogP contribution >= 0.6 is 0 Å². The van der Waals surface area contributed by atoms with Crippen LogP contribution < -0.4 is 16.0 Å². The van der Waals surface area contributed by atoms with Crippen LogP contribution in [0.2, 0.25) is 0 Å². The highest BCUT2D eigenvalue weighted by molar-refractivity contribution is 5.83. The fourth-order valence-corrected chi connectivity index (χ4v) is 4.75. The van der Waals surface area contributed by atoms with Gasteiger partial charge in [-0.3, -0.25) is 9.69 Å². The lowest BCUT2D eigenvalue weighted by Gasteiger charge is -2.25. The number of rotatable bonds is 20. The number of aryl methyl sites for hydroxylation is 2. The second kappa shape index (κ2) is 18.3. The van der Waals surface area contributed by atoms with Crippen LogP contribution in [-0.4, -0.2) is 72.2 Å². The third-order valence-corrected chi connectivity index (χ3v) is 7.52. The smallest absolute Gasteiger partial charge is 0.326 e. The van der Waals surface area contributed by atoms with E-state index in [0.717, 1.165) is 62.3 Å². The van der Waals surface area contributed by atoms with E-state index in [1.165, 1.54) is 5.56 Å². The number of anilines is 1. The van der Waals surface area contributed by atoms with Crippen molar-refractivity contribution in [2.75, 3.05) is 38.6 Å². The zero-order valence-corrected chi connectivity index (χ0v) is 25.2. The Morgan fingerprint density at radius 3 is 2.55 bits per heavy atom. The van der Waals surface area contributed by atoms with Crippen LogP contribution in [0.1, 0.15) is 77.5 Å². The quantitative estimate of drug-likeness (QED) is 0.173. The van der Waals surface area contributed by atoms with E-state index in [-0.39, 0.29) is 17.9 Å². The lowest BCUT2D eigenvalue weighted by atomic mass is 9.99.